The highest BCUT2D eigenvalue weighted by atomic mass is 16.6. The highest BCUT2D eigenvalue weighted by molar-refractivity contribution is 5.67. The van der Waals surface area contributed by atoms with Gasteiger partial charge in [0.25, 0.3) is 0 Å². The minimum absolute atomic E-state index is 0.213. The van der Waals surface area contributed by atoms with Gasteiger partial charge >= 0.3 is 6.09 Å². The number of piperidine rings is 1. The number of carbonyl (C=O) groups is 1. The molecule has 0 atom stereocenters. The fourth-order valence-corrected chi connectivity index (χ4v) is 1.44. The number of rotatable bonds is 1. The molecule has 1 aliphatic heterocycles. The monoisotopic (exact) mass is 195 g/mol. The molecule has 3 heteroatoms. The van der Waals surface area contributed by atoms with Gasteiger partial charge in [-0.05, 0) is 19.3 Å². The molecule has 0 aliphatic carbocycles. The van der Waals surface area contributed by atoms with E-state index in [0.29, 0.717) is 0 Å². The number of ether oxygens (including phenoxy) is 1. The molecule has 0 N–H and O–H groups in total. The maximum Gasteiger partial charge on any atom is 0.410 e. The van der Waals surface area contributed by atoms with Crippen LogP contribution in [0.4, 0.5) is 4.79 Å². The first-order valence-corrected chi connectivity index (χ1v) is 5.22. The van der Waals surface area contributed by atoms with E-state index in [0.717, 1.165) is 32.4 Å². The lowest BCUT2D eigenvalue weighted by molar-refractivity contribution is 0.106. The van der Waals surface area contributed by atoms with E-state index >= 15 is 0 Å². The third kappa shape index (κ3) is 3.69. The predicted octanol–water partition coefficient (Wildman–Crippen LogP) is 2.02. The van der Waals surface area contributed by atoms with Gasteiger partial charge in [0.2, 0.25) is 0 Å². The van der Waals surface area contributed by atoms with Crippen LogP contribution in [0.25, 0.3) is 0 Å². The van der Waals surface area contributed by atoms with Crippen molar-refractivity contribution in [3.05, 3.63) is 0 Å². The van der Waals surface area contributed by atoms with Gasteiger partial charge in [-0.3, -0.25) is 0 Å². The van der Waals surface area contributed by atoms with Crippen molar-refractivity contribution in [2.75, 3.05) is 19.7 Å². The van der Waals surface area contributed by atoms with Gasteiger partial charge in [0, 0.05) is 19.5 Å². The normalized spacial score (nSPS) is 15.6. The van der Waals surface area contributed by atoms with Crippen LogP contribution in [-0.2, 0) is 4.74 Å². The van der Waals surface area contributed by atoms with Gasteiger partial charge in [-0.25, -0.2) is 4.79 Å². The van der Waals surface area contributed by atoms with E-state index in [1.54, 1.807) is 4.90 Å². The zero-order valence-electron chi connectivity index (χ0n) is 8.71. The first kappa shape index (κ1) is 10.9. The summed E-state index contributed by atoms with van der Waals surface area (Å²) in [5, 5.41) is 0. The summed E-state index contributed by atoms with van der Waals surface area (Å²) in [6.45, 7) is 3.86. The maximum absolute atomic E-state index is 11.4. The third-order valence-corrected chi connectivity index (χ3v) is 2.18. The van der Waals surface area contributed by atoms with Crippen LogP contribution in [-0.4, -0.2) is 30.7 Å². The first-order chi connectivity index (χ1) is 6.84. The number of nitrogens with zero attached hydrogens (tertiary/aromatic N) is 1. The molecule has 1 heterocycles. The number of amides is 1. The highest BCUT2D eigenvalue weighted by Crippen LogP contribution is 2.09. The molecule has 3 nitrogen and oxygen atoms in total. The molecule has 0 saturated carbocycles. The molecule has 78 valence electrons. The summed E-state index contributed by atoms with van der Waals surface area (Å²) in [6, 6.07) is 0. The Bertz CT molecular complexity index is 233. The van der Waals surface area contributed by atoms with E-state index in [-0.39, 0.29) is 12.7 Å². The number of likely N-dealkylation sites (tertiary alicyclic amines) is 1. The third-order valence-electron chi connectivity index (χ3n) is 2.18. The Morgan fingerprint density at radius 1 is 1.29 bits per heavy atom. The average molecular weight is 195 g/mol. The van der Waals surface area contributed by atoms with Crippen molar-refractivity contribution in [3.63, 3.8) is 0 Å². The lowest BCUT2D eigenvalue weighted by atomic mass is 10.1. The Morgan fingerprint density at radius 3 is 2.64 bits per heavy atom. The zero-order valence-corrected chi connectivity index (χ0v) is 8.71. The Hall–Kier alpha value is -1.17. The Labute approximate surface area is 85.4 Å². The van der Waals surface area contributed by atoms with Crippen LogP contribution in [0, 0.1) is 11.8 Å². The molecule has 1 amide bonds. The first-order valence-electron chi connectivity index (χ1n) is 5.22. The van der Waals surface area contributed by atoms with Crippen molar-refractivity contribution in [2.45, 2.75) is 32.6 Å². The average Bonchev–Trinajstić information content (AvgIpc) is 2.25. The summed E-state index contributed by atoms with van der Waals surface area (Å²) in [4.78, 5) is 13.2. The summed E-state index contributed by atoms with van der Waals surface area (Å²) in [5.74, 6) is 5.65. The van der Waals surface area contributed by atoms with Crippen molar-refractivity contribution in [1.29, 1.82) is 0 Å². The lowest BCUT2D eigenvalue weighted by Crippen LogP contribution is -2.36. The smallest absolute Gasteiger partial charge is 0.410 e. The SMILES string of the molecule is CCC#CCOC(=O)N1CCCCC1. The number of hydrogen-bond donors (Lipinski definition) is 0. The molecular formula is C11H17NO2. The molecular weight excluding hydrogens is 178 g/mol. The van der Waals surface area contributed by atoms with Crippen molar-refractivity contribution < 1.29 is 9.53 Å². The fraction of sp³-hybridized carbons (Fsp3) is 0.727. The summed E-state index contributed by atoms with van der Waals surface area (Å²) >= 11 is 0. The fourth-order valence-electron chi connectivity index (χ4n) is 1.44. The Balaban J connectivity index is 2.19. The molecule has 1 rings (SSSR count). The summed E-state index contributed by atoms with van der Waals surface area (Å²) in [7, 11) is 0. The molecule has 1 aliphatic rings. The number of hydrogen-bond acceptors (Lipinski definition) is 2. The summed E-state index contributed by atoms with van der Waals surface area (Å²) < 4.78 is 5.00. The molecule has 0 bridgehead atoms. The van der Waals surface area contributed by atoms with Gasteiger partial charge in [-0.15, -0.1) is 5.92 Å². The van der Waals surface area contributed by atoms with Crippen LogP contribution < -0.4 is 0 Å². The minimum Gasteiger partial charge on any atom is -0.436 e. The second kappa shape index (κ2) is 6.31. The quantitative estimate of drug-likeness (QED) is 0.599. The van der Waals surface area contributed by atoms with Gasteiger partial charge < -0.3 is 9.64 Å². The van der Waals surface area contributed by atoms with E-state index in [4.69, 9.17) is 4.74 Å². The molecule has 1 saturated heterocycles. The van der Waals surface area contributed by atoms with Gasteiger partial charge in [0.15, 0.2) is 6.61 Å². The second-order valence-electron chi connectivity index (χ2n) is 3.31. The van der Waals surface area contributed by atoms with Gasteiger partial charge in [0.1, 0.15) is 0 Å². The highest BCUT2D eigenvalue weighted by Gasteiger charge is 2.16. The summed E-state index contributed by atoms with van der Waals surface area (Å²) in [5.41, 5.74) is 0. The second-order valence-corrected chi connectivity index (χ2v) is 3.31. The Kier molecular flexibility index (Phi) is 4.92. The maximum atomic E-state index is 11.4. The summed E-state index contributed by atoms with van der Waals surface area (Å²) in [6.07, 6.45) is 4.00. The van der Waals surface area contributed by atoms with Gasteiger partial charge in [-0.2, -0.15) is 0 Å². The molecule has 0 aromatic heterocycles. The van der Waals surface area contributed by atoms with E-state index in [1.165, 1.54) is 6.42 Å². The molecule has 1 fully saturated rings. The van der Waals surface area contributed by atoms with E-state index in [2.05, 4.69) is 11.8 Å². The Morgan fingerprint density at radius 2 is 2.00 bits per heavy atom. The van der Waals surface area contributed by atoms with Crippen LogP contribution in [0.5, 0.6) is 0 Å². The predicted molar refractivity (Wildman–Crippen MR) is 54.8 cm³/mol. The van der Waals surface area contributed by atoms with E-state index in [9.17, 15) is 4.79 Å². The molecule has 0 spiro atoms. The molecule has 0 radical (unpaired) electrons. The molecule has 14 heavy (non-hydrogen) atoms. The van der Waals surface area contributed by atoms with E-state index < -0.39 is 0 Å². The van der Waals surface area contributed by atoms with Crippen LogP contribution in [0.2, 0.25) is 0 Å². The molecule has 0 unspecified atom stereocenters. The minimum atomic E-state index is -0.213. The van der Waals surface area contributed by atoms with Gasteiger partial charge in [0.05, 0.1) is 0 Å². The lowest BCUT2D eigenvalue weighted by Gasteiger charge is -2.25. The zero-order chi connectivity index (χ0) is 10.2. The molecule has 0 aromatic rings. The van der Waals surface area contributed by atoms with Crippen LogP contribution in [0.3, 0.4) is 0 Å². The van der Waals surface area contributed by atoms with Crippen molar-refractivity contribution in [1.82, 2.24) is 4.90 Å². The van der Waals surface area contributed by atoms with Crippen molar-refractivity contribution in [2.24, 2.45) is 0 Å². The topological polar surface area (TPSA) is 29.5 Å². The molecule has 0 aromatic carbocycles. The van der Waals surface area contributed by atoms with Crippen LogP contribution >= 0.6 is 0 Å². The number of carbonyl (C=O) groups excluding carboxylic acids is 1. The van der Waals surface area contributed by atoms with E-state index in [1.807, 2.05) is 6.92 Å². The van der Waals surface area contributed by atoms with Crippen molar-refractivity contribution in [3.8, 4) is 11.8 Å². The van der Waals surface area contributed by atoms with Crippen LogP contribution in [0.15, 0.2) is 0 Å². The standard InChI is InChI=1S/C11H17NO2/c1-2-3-7-10-14-11(13)12-8-5-4-6-9-12/h2,4-6,8-10H2,1H3. The van der Waals surface area contributed by atoms with Gasteiger partial charge in [-0.1, -0.05) is 12.8 Å². The van der Waals surface area contributed by atoms with Crippen molar-refractivity contribution >= 4 is 6.09 Å². The van der Waals surface area contributed by atoms with Crippen LogP contribution in [0.1, 0.15) is 32.6 Å². The largest absolute Gasteiger partial charge is 0.436 e.